The van der Waals surface area contributed by atoms with E-state index in [9.17, 15) is 27.5 Å². The molecule has 12 heteroatoms. The summed E-state index contributed by atoms with van der Waals surface area (Å²) in [7, 11) is -0.484. The minimum Gasteiger partial charge on any atom is -0.496 e. The van der Waals surface area contributed by atoms with E-state index in [2.05, 4.69) is 5.32 Å². The zero-order valence-corrected chi connectivity index (χ0v) is 22.3. The highest BCUT2D eigenvalue weighted by Gasteiger charge is 2.24. The maximum atomic E-state index is 13.6. The number of aliphatic hydroxyl groups is 1. The Kier molecular flexibility index (Phi) is 9.85. The number of rotatable bonds is 12. The molecule has 0 aliphatic rings. The number of benzene rings is 3. The SMILES string of the molecule is COC(=O)c1ccc(CCNC(=O)Cc2ccc(OC)c(OS(=O)(=O)c3cccc(F)c3)c2CO)cc1OC. The van der Waals surface area contributed by atoms with Crippen molar-refractivity contribution < 1.29 is 45.9 Å². The molecule has 0 heterocycles. The van der Waals surface area contributed by atoms with Crippen LogP contribution in [0.1, 0.15) is 27.0 Å². The molecule has 0 fully saturated rings. The first-order valence-corrected chi connectivity index (χ1v) is 13.1. The highest BCUT2D eigenvalue weighted by atomic mass is 32.2. The van der Waals surface area contributed by atoms with Crippen LogP contribution in [0.15, 0.2) is 59.5 Å². The lowest BCUT2D eigenvalue weighted by Crippen LogP contribution is -2.27. The van der Waals surface area contributed by atoms with Crippen molar-refractivity contribution in [3.05, 3.63) is 82.7 Å². The smallest absolute Gasteiger partial charge is 0.341 e. The Hall–Kier alpha value is -4.16. The molecule has 0 aliphatic heterocycles. The number of hydrogen-bond acceptors (Lipinski definition) is 9. The molecule has 0 atom stereocenters. The van der Waals surface area contributed by atoms with E-state index in [0.29, 0.717) is 17.7 Å². The van der Waals surface area contributed by atoms with Gasteiger partial charge in [0.05, 0.1) is 34.4 Å². The van der Waals surface area contributed by atoms with E-state index in [4.69, 9.17) is 18.4 Å². The maximum absolute atomic E-state index is 13.6. The summed E-state index contributed by atoms with van der Waals surface area (Å²) in [5.41, 5.74) is 1.43. The lowest BCUT2D eigenvalue weighted by atomic mass is 10.0. The van der Waals surface area contributed by atoms with Crippen LogP contribution in [0.4, 0.5) is 4.39 Å². The van der Waals surface area contributed by atoms with Crippen molar-refractivity contribution in [2.24, 2.45) is 0 Å². The molecule has 0 spiro atoms. The standard InChI is InChI=1S/C27H28FNO9S/c1-35-23-10-8-18(22(16-30)26(23)38-39(33,34)20-6-4-5-19(28)15-20)14-25(31)29-12-11-17-7-9-21(27(32)37-3)24(13-17)36-2/h4-10,13,15,30H,11-12,14,16H2,1-3H3,(H,29,31). The molecule has 0 aromatic heterocycles. The van der Waals surface area contributed by atoms with Crippen LogP contribution in [-0.2, 0) is 39.1 Å². The normalized spacial score (nSPS) is 11.0. The van der Waals surface area contributed by atoms with Crippen LogP contribution >= 0.6 is 0 Å². The fourth-order valence-corrected chi connectivity index (χ4v) is 4.77. The van der Waals surface area contributed by atoms with Crippen molar-refractivity contribution in [2.45, 2.75) is 24.3 Å². The molecule has 0 radical (unpaired) electrons. The molecule has 10 nitrogen and oxygen atoms in total. The Bertz CT molecular complexity index is 1460. The Morgan fingerprint density at radius 1 is 0.974 bits per heavy atom. The van der Waals surface area contributed by atoms with Gasteiger partial charge in [-0.05, 0) is 53.9 Å². The van der Waals surface area contributed by atoms with Crippen molar-refractivity contribution in [3.63, 3.8) is 0 Å². The summed E-state index contributed by atoms with van der Waals surface area (Å²) in [5.74, 6) is -1.64. The van der Waals surface area contributed by atoms with Gasteiger partial charge < -0.3 is 28.8 Å². The van der Waals surface area contributed by atoms with Gasteiger partial charge in [-0.2, -0.15) is 8.42 Å². The number of hydrogen-bond donors (Lipinski definition) is 2. The Morgan fingerprint density at radius 3 is 2.36 bits per heavy atom. The molecule has 3 aromatic rings. The molecule has 0 aliphatic carbocycles. The topological polar surface area (TPSA) is 137 Å². The number of methoxy groups -OCH3 is 3. The number of carbonyl (C=O) groups is 2. The van der Waals surface area contributed by atoms with E-state index in [1.165, 1.54) is 45.6 Å². The Labute approximate surface area is 225 Å². The van der Waals surface area contributed by atoms with Crippen molar-refractivity contribution in [1.82, 2.24) is 5.32 Å². The third-order valence-corrected chi connectivity index (χ3v) is 6.95. The minimum atomic E-state index is -4.48. The van der Waals surface area contributed by atoms with E-state index < -0.39 is 39.3 Å². The van der Waals surface area contributed by atoms with Crippen LogP contribution in [-0.4, -0.2) is 53.3 Å². The molecule has 208 valence electrons. The van der Waals surface area contributed by atoms with Gasteiger partial charge in [0.15, 0.2) is 11.5 Å². The number of esters is 1. The average Bonchev–Trinajstić information content (AvgIpc) is 2.92. The van der Waals surface area contributed by atoms with Crippen LogP contribution in [0.5, 0.6) is 17.2 Å². The summed E-state index contributed by atoms with van der Waals surface area (Å²) in [6, 6.07) is 12.2. The molecule has 0 saturated carbocycles. The number of nitrogens with one attached hydrogen (secondary N) is 1. The van der Waals surface area contributed by atoms with Crippen LogP contribution in [0, 0.1) is 5.82 Å². The second kappa shape index (κ2) is 13.1. The monoisotopic (exact) mass is 561 g/mol. The van der Waals surface area contributed by atoms with E-state index in [-0.39, 0.29) is 35.6 Å². The van der Waals surface area contributed by atoms with Crippen LogP contribution < -0.4 is 19.0 Å². The van der Waals surface area contributed by atoms with Crippen LogP contribution in [0.2, 0.25) is 0 Å². The molecule has 0 bridgehead atoms. The summed E-state index contributed by atoms with van der Waals surface area (Å²) in [4.78, 5) is 24.1. The van der Waals surface area contributed by atoms with E-state index in [1.807, 2.05) is 0 Å². The van der Waals surface area contributed by atoms with Gasteiger partial charge in [-0.25, -0.2) is 9.18 Å². The fraction of sp³-hybridized carbons (Fsp3) is 0.259. The molecule has 1 amide bonds. The Morgan fingerprint density at radius 2 is 1.72 bits per heavy atom. The number of ether oxygens (including phenoxy) is 3. The summed E-state index contributed by atoms with van der Waals surface area (Å²) in [6.45, 7) is -0.401. The van der Waals surface area contributed by atoms with Gasteiger partial charge >= 0.3 is 16.1 Å². The van der Waals surface area contributed by atoms with Crippen LogP contribution in [0.3, 0.4) is 0 Å². The molecule has 39 heavy (non-hydrogen) atoms. The van der Waals surface area contributed by atoms with Crippen molar-refractivity contribution in [2.75, 3.05) is 27.9 Å². The second-order valence-corrected chi connectivity index (χ2v) is 9.74. The number of halogens is 1. The molecular weight excluding hydrogens is 533 g/mol. The zero-order valence-electron chi connectivity index (χ0n) is 21.5. The molecule has 0 saturated heterocycles. The summed E-state index contributed by atoms with van der Waals surface area (Å²) in [5, 5.41) is 12.8. The van der Waals surface area contributed by atoms with Gasteiger partial charge in [0.25, 0.3) is 0 Å². The first kappa shape index (κ1) is 29.4. The molecule has 3 aromatic carbocycles. The van der Waals surface area contributed by atoms with E-state index in [0.717, 1.165) is 17.7 Å². The van der Waals surface area contributed by atoms with Gasteiger partial charge in [-0.1, -0.05) is 18.2 Å². The predicted octanol–water partition coefficient (Wildman–Crippen LogP) is 2.79. The van der Waals surface area contributed by atoms with Crippen molar-refractivity contribution >= 4 is 22.0 Å². The summed E-state index contributed by atoms with van der Waals surface area (Å²) < 4.78 is 59.6. The van der Waals surface area contributed by atoms with Crippen molar-refractivity contribution in [3.8, 4) is 17.2 Å². The van der Waals surface area contributed by atoms with Gasteiger partial charge in [-0.3, -0.25) is 4.79 Å². The van der Waals surface area contributed by atoms with Crippen LogP contribution in [0.25, 0.3) is 0 Å². The van der Waals surface area contributed by atoms with E-state index in [1.54, 1.807) is 18.2 Å². The molecule has 0 unspecified atom stereocenters. The third-order valence-electron chi connectivity index (χ3n) is 5.74. The predicted molar refractivity (Wildman–Crippen MR) is 138 cm³/mol. The lowest BCUT2D eigenvalue weighted by molar-refractivity contribution is -0.120. The highest BCUT2D eigenvalue weighted by Crippen LogP contribution is 2.36. The highest BCUT2D eigenvalue weighted by molar-refractivity contribution is 7.87. The van der Waals surface area contributed by atoms with Gasteiger partial charge in [-0.15, -0.1) is 0 Å². The molecular formula is C27H28FNO9S. The first-order chi connectivity index (χ1) is 18.6. The van der Waals surface area contributed by atoms with Crippen molar-refractivity contribution in [1.29, 1.82) is 0 Å². The number of aliphatic hydroxyl groups excluding tert-OH is 1. The van der Waals surface area contributed by atoms with E-state index >= 15 is 0 Å². The van der Waals surface area contributed by atoms with Gasteiger partial charge in [0.2, 0.25) is 5.91 Å². The zero-order chi connectivity index (χ0) is 28.6. The first-order valence-electron chi connectivity index (χ1n) is 11.6. The number of carbonyl (C=O) groups excluding carboxylic acids is 2. The summed E-state index contributed by atoms with van der Waals surface area (Å²) >= 11 is 0. The quantitative estimate of drug-likeness (QED) is 0.253. The second-order valence-electron chi connectivity index (χ2n) is 8.19. The fourth-order valence-electron chi connectivity index (χ4n) is 3.77. The summed E-state index contributed by atoms with van der Waals surface area (Å²) in [6.07, 6.45) is 0.236. The third kappa shape index (κ3) is 7.24. The average molecular weight is 562 g/mol. The number of amides is 1. The van der Waals surface area contributed by atoms with Gasteiger partial charge in [0.1, 0.15) is 22.0 Å². The lowest BCUT2D eigenvalue weighted by Gasteiger charge is -2.17. The molecule has 2 N–H and O–H groups in total. The molecule has 3 rings (SSSR count). The Balaban J connectivity index is 1.74. The minimum absolute atomic E-state index is 0.00698. The van der Waals surface area contributed by atoms with Gasteiger partial charge in [0, 0.05) is 12.1 Å². The maximum Gasteiger partial charge on any atom is 0.341 e. The largest absolute Gasteiger partial charge is 0.496 e.